The minimum atomic E-state index is -1.37. The zero-order chi connectivity index (χ0) is 9.30. The van der Waals surface area contributed by atoms with Gasteiger partial charge in [0.1, 0.15) is 5.82 Å². The lowest BCUT2D eigenvalue weighted by atomic mass is 10.3. The van der Waals surface area contributed by atoms with E-state index < -0.39 is 17.5 Å². The lowest BCUT2D eigenvalue weighted by molar-refractivity contribution is 0.0684. The third-order valence-corrected chi connectivity index (χ3v) is 1.33. The normalized spacial score (nSPS) is 9.92. The fourth-order valence-corrected chi connectivity index (χ4v) is 0.841. The number of hydrogen-bond donors (Lipinski definition) is 1. The molecular weight excluding hydrogens is 163 g/mol. The Balaban J connectivity index is 3.37. The van der Waals surface area contributed by atoms with Crippen LogP contribution < -0.4 is 0 Å². The number of nitrogens with zero attached hydrogens (tertiary/aromatic N) is 2. The molecule has 4 nitrogen and oxygen atoms in total. The smallest absolute Gasteiger partial charge is 0.357 e. The van der Waals surface area contributed by atoms with Crippen molar-refractivity contribution in [2.45, 2.75) is 13.8 Å². The second-order valence-corrected chi connectivity index (χ2v) is 2.32. The molecule has 0 saturated heterocycles. The number of aryl methyl sites for hydroxylation is 2. The van der Waals surface area contributed by atoms with Crippen LogP contribution in [0.1, 0.15) is 22.0 Å². The van der Waals surface area contributed by atoms with Crippen LogP contribution in [0.15, 0.2) is 0 Å². The van der Waals surface area contributed by atoms with E-state index in [2.05, 4.69) is 9.97 Å². The van der Waals surface area contributed by atoms with E-state index in [-0.39, 0.29) is 11.5 Å². The molecule has 1 N–H and O–H groups in total. The van der Waals surface area contributed by atoms with Crippen LogP contribution >= 0.6 is 0 Å². The maximum atomic E-state index is 12.9. The van der Waals surface area contributed by atoms with Crippen LogP contribution in [-0.2, 0) is 0 Å². The molecule has 0 atom stereocenters. The molecule has 0 radical (unpaired) electrons. The Morgan fingerprint density at radius 1 is 1.42 bits per heavy atom. The van der Waals surface area contributed by atoms with E-state index in [1.807, 2.05) is 0 Å². The van der Waals surface area contributed by atoms with E-state index in [0.29, 0.717) is 0 Å². The SMILES string of the molecule is Cc1nc(C)c(F)c(C(=O)O)n1. The predicted octanol–water partition coefficient (Wildman–Crippen LogP) is 0.931. The predicted molar refractivity (Wildman–Crippen MR) is 38.4 cm³/mol. The summed E-state index contributed by atoms with van der Waals surface area (Å²) in [7, 11) is 0. The summed E-state index contributed by atoms with van der Waals surface area (Å²) in [6.07, 6.45) is 0. The Morgan fingerprint density at radius 3 is 2.50 bits per heavy atom. The highest BCUT2D eigenvalue weighted by atomic mass is 19.1. The Bertz CT molecular complexity index is 338. The van der Waals surface area contributed by atoms with Gasteiger partial charge in [-0.15, -0.1) is 0 Å². The quantitative estimate of drug-likeness (QED) is 0.681. The first kappa shape index (κ1) is 8.58. The van der Waals surface area contributed by atoms with Crippen molar-refractivity contribution < 1.29 is 14.3 Å². The summed E-state index contributed by atoms with van der Waals surface area (Å²) < 4.78 is 12.9. The van der Waals surface area contributed by atoms with Gasteiger partial charge in [0.25, 0.3) is 0 Å². The lowest BCUT2D eigenvalue weighted by Gasteiger charge is -2.00. The number of halogens is 1. The van der Waals surface area contributed by atoms with Crippen LogP contribution in [0.3, 0.4) is 0 Å². The first-order valence-corrected chi connectivity index (χ1v) is 3.26. The molecule has 0 aromatic carbocycles. The molecule has 0 aliphatic carbocycles. The molecule has 0 bridgehead atoms. The molecule has 0 fully saturated rings. The van der Waals surface area contributed by atoms with Gasteiger partial charge in [0, 0.05) is 0 Å². The van der Waals surface area contributed by atoms with Crippen molar-refractivity contribution >= 4 is 5.97 Å². The average molecular weight is 170 g/mol. The second-order valence-electron chi connectivity index (χ2n) is 2.32. The molecule has 1 heterocycles. The van der Waals surface area contributed by atoms with E-state index in [0.717, 1.165) is 0 Å². The molecule has 5 heteroatoms. The van der Waals surface area contributed by atoms with Crippen molar-refractivity contribution in [2.24, 2.45) is 0 Å². The van der Waals surface area contributed by atoms with Crippen molar-refractivity contribution in [3.8, 4) is 0 Å². The number of rotatable bonds is 1. The summed E-state index contributed by atoms with van der Waals surface area (Å²) in [5.41, 5.74) is -0.514. The molecule has 0 aliphatic heterocycles. The standard InChI is InChI=1S/C7H7FN2O2/c1-3-5(8)6(7(11)12)10-4(2)9-3/h1-2H3,(H,11,12). The number of carboxylic acids is 1. The van der Waals surface area contributed by atoms with Crippen molar-refractivity contribution in [1.29, 1.82) is 0 Å². The highest BCUT2D eigenvalue weighted by Crippen LogP contribution is 2.07. The second kappa shape index (κ2) is 2.84. The molecule has 1 aromatic rings. The number of carbonyl (C=O) groups is 1. The van der Waals surface area contributed by atoms with Crippen LogP contribution in [0.4, 0.5) is 4.39 Å². The molecule has 0 amide bonds. The van der Waals surface area contributed by atoms with Gasteiger partial charge in [0.15, 0.2) is 11.5 Å². The van der Waals surface area contributed by atoms with Gasteiger partial charge in [-0.1, -0.05) is 0 Å². The van der Waals surface area contributed by atoms with E-state index >= 15 is 0 Å². The molecule has 0 unspecified atom stereocenters. The zero-order valence-electron chi connectivity index (χ0n) is 6.63. The third-order valence-electron chi connectivity index (χ3n) is 1.33. The van der Waals surface area contributed by atoms with Gasteiger partial charge >= 0.3 is 5.97 Å². The molecule has 0 saturated carbocycles. The maximum Gasteiger partial charge on any atom is 0.357 e. The van der Waals surface area contributed by atoms with Crippen LogP contribution in [0, 0.1) is 19.7 Å². The van der Waals surface area contributed by atoms with Crippen molar-refractivity contribution in [3.05, 3.63) is 23.0 Å². The molecule has 0 aliphatic rings. The summed E-state index contributed by atoms with van der Waals surface area (Å²) in [6.45, 7) is 2.91. The van der Waals surface area contributed by atoms with Gasteiger partial charge in [-0.3, -0.25) is 0 Å². The molecule has 12 heavy (non-hydrogen) atoms. The third kappa shape index (κ3) is 1.39. The molecule has 0 spiro atoms. The zero-order valence-corrected chi connectivity index (χ0v) is 6.63. The largest absolute Gasteiger partial charge is 0.476 e. The Kier molecular flexibility index (Phi) is 2.03. The van der Waals surface area contributed by atoms with Crippen molar-refractivity contribution in [2.75, 3.05) is 0 Å². The van der Waals surface area contributed by atoms with E-state index in [1.54, 1.807) is 0 Å². The average Bonchev–Trinajstić information content (AvgIpc) is 1.96. The van der Waals surface area contributed by atoms with Gasteiger partial charge in [-0.05, 0) is 13.8 Å². The number of carboxylic acid groups (broad SMARTS) is 1. The van der Waals surface area contributed by atoms with Gasteiger partial charge in [0.2, 0.25) is 0 Å². The number of aromatic nitrogens is 2. The first-order valence-electron chi connectivity index (χ1n) is 3.26. The summed E-state index contributed by atoms with van der Waals surface area (Å²) in [5, 5.41) is 8.48. The molecular formula is C7H7FN2O2. The van der Waals surface area contributed by atoms with E-state index in [1.165, 1.54) is 13.8 Å². The molecule has 64 valence electrons. The Morgan fingerprint density at radius 2 is 2.00 bits per heavy atom. The fraction of sp³-hybridized carbons (Fsp3) is 0.286. The van der Waals surface area contributed by atoms with E-state index in [4.69, 9.17) is 5.11 Å². The highest BCUT2D eigenvalue weighted by molar-refractivity contribution is 5.85. The monoisotopic (exact) mass is 170 g/mol. The minimum Gasteiger partial charge on any atom is -0.476 e. The van der Waals surface area contributed by atoms with Crippen LogP contribution in [0.2, 0.25) is 0 Å². The summed E-state index contributed by atoms with van der Waals surface area (Å²) in [5.74, 6) is -1.99. The number of hydrogen-bond acceptors (Lipinski definition) is 3. The molecule has 1 rings (SSSR count). The van der Waals surface area contributed by atoms with Gasteiger partial charge in [0.05, 0.1) is 5.69 Å². The minimum absolute atomic E-state index is 0.0555. The van der Waals surface area contributed by atoms with E-state index in [9.17, 15) is 9.18 Å². The van der Waals surface area contributed by atoms with Gasteiger partial charge in [-0.25, -0.2) is 19.2 Å². The van der Waals surface area contributed by atoms with Gasteiger partial charge < -0.3 is 5.11 Å². The van der Waals surface area contributed by atoms with Crippen LogP contribution in [0.25, 0.3) is 0 Å². The van der Waals surface area contributed by atoms with Crippen molar-refractivity contribution in [3.63, 3.8) is 0 Å². The Hall–Kier alpha value is -1.52. The summed E-state index contributed by atoms with van der Waals surface area (Å²) in [6, 6.07) is 0. The number of aromatic carboxylic acids is 1. The summed E-state index contributed by atoms with van der Waals surface area (Å²) in [4.78, 5) is 17.5. The van der Waals surface area contributed by atoms with Crippen molar-refractivity contribution in [1.82, 2.24) is 9.97 Å². The lowest BCUT2D eigenvalue weighted by Crippen LogP contribution is -2.09. The van der Waals surface area contributed by atoms with Crippen LogP contribution in [-0.4, -0.2) is 21.0 Å². The maximum absolute atomic E-state index is 12.9. The first-order chi connectivity index (χ1) is 5.52. The van der Waals surface area contributed by atoms with Gasteiger partial charge in [-0.2, -0.15) is 0 Å². The summed E-state index contributed by atoms with van der Waals surface area (Å²) >= 11 is 0. The molecule has 1 aromatic heterocycles. The Labute approximate surface area is 68.1 Å². The topological polar surface area (TPSA) is 63.1 Å². The fourth-order valence-electron chi connectivity index (χ4n) is 0.841. The highest BCUT2D eigenvalue weighted by Gasteiger charge is 2.15. The van der Waals surface area contributed by atoms with Crippen LogP contribution in [0.5, 0.6) is 0 Å².